The molecule has 0 aromatic heterocycles. The van der Waals surface area contributed by atoms with Gasteiger partial charge in [0.2, 0.25) is 0 Å². The van der Waals surface area contributed by atoms with E-state index in [2.05, 4.69) is 10.1 Å². The molecule has 0 radical (unpaired) electrons. The number of nitrogens with one attached hydrogen (secondary N) is 1. The molecule has 1 aromatic carbocycles. The fourth-order valence-corrected chi connectivity index (χ4v) is 1.56. The molecule has 0 bridgehead atoms. The molecule has 1 aromatic rings. The summed E-state index contributed by atoms with van der Waals surface area (Å²) < 4.78 is 17.6. The van der Waals surface area contributed by atoms with Gasteiger partial charge < -0.3 is 15.2 Å². The van der Waals surface area contributed by atoms with Crippen LogP contribution in [0.25, 0.3) is 0 Å². The molecule has 16 heavy (non-hydrogen) atoms. The summed E-state index contributed by atoms with van der Waals surface area (Å²) in [5.41, 5.74) is 0.381. The van der Waals surface area contributed by atoms with Gasteiger partial charge in [0.1, 0.15) is 11.6 Å². The molecular formula is C10H11ClFNO3. The molecule has 0 unspecified atom stereocenters. The zero-order valence-electron chi connectivity index (χ0n) is 8.27. The normalized spacial score (nSPS) is 19.3. The minimum Gasteiger partial charge on any atom is -0.508 e. The van der Waals surface area contributed by atoms with Crippen LogP contribution in [0.1, 0.15) is 18.0 Å². The Balaban J connectivity index is 0.00000128. The van der Waals surface area contributed by atoms with Crippen LogP contribution in [-0.4, -0.2) is 17.8 Å². The molecule has 1 aliphatic heterocycles. The Labute approximate surface area is 97.8 Å². The summed E-state index contributed by atoms with van der Waals surface area (Å²) in [7, 11) is 0. The predicted molar refractivity (Wildman–Crippen MR) is 57.2 cm³/mol. The van der Waals surface area contributed by atoms with Gasteiger partial charge in [-0.3, -0.25) is 0 Å². The second-order valence-corrected chi connectivity index (χ2v) is 3.32. The Hall–Kier alpha value is -1.49. The average molecular weight is 248 g/mol. The van der Waals surface area contributed by atoms with E-state index in [1.807, 2.05) is 0 Å². The average Bonchev–Trinajstić information content (AvgIpc) is 2.22. The van der Waals surface area contributed by atoms with Crippen molar-refractivity contribution in [3.05, 3.63) is 29.6 Å². The van der Waals surface area contributed by atoms with Crippen molar-refractivity contribution in [2.24, 2.45) is 0 Å². The molecule has 6 heteroatoms. The number of benzene rings is 1. The number of hydrogen-bond donors (Lipinski definition) is 2. The van der Waals surface area contributed by atoms with Crippen LogP contribution in [0.5, 0.6) is 5.75 Å². The number of alkyl carbamates (subject to hydrolysis) is 1. The molecule has 1 saturated heterocycles. The lowest BCUT2D eigenvalue weighted by Gasteiger charge is -2.24. The maximum Gasteiger partial charge on any atom is 0.407 e. The first kappa shape index (κ1) is 12.6. The highest BCUT2D eigenvalue weighted by molar-refractivity contribution is 5.85. The number of cyclic esters (lactones) is 1. The Morgan fingerprint density at radius 1 is 1.50 bits per heavy atom. The SMILES string of the molecule is Cl.O=C1N[C@@H](c2cc(F)ccc2O)CCO1. The van der Waals surface area contributed by atoms with Crippen LogP contribution in [-0.2, 0) is 4.74 Å². The van der Waals surface area contributed by atoms with Crippen LogP contribution in [0, 0.1) is 5.82 Å². The van der Waals surface area contributed by atoms with Crippen LogP contribution < -0.4 is 5.32 Å². The van der Waals surface area contributed by atoms with Crippen LogP contribution in [0.15, 0.2) is 18.2 Å². The lowest BCUT2D eigenvalue weighted by molar-refractivity contribution is 0.115. The van der Waals surface area contributed by atoms with Crippen LogP contribution >= 0.6 is 12.4 Å². The fourth-order valence-electron chi connectivity index (χ4n) is 1.56. The third-order valence-electron chi connectivity index (χ3n) is 2.30. The molecule has 1 heterocycles. The fraction of sp³-hybridized carbons (Fsp3) is 0.300. The third-order valence-corrected chi connectivity index (χ3v) is 2.30. The standard InChI is InChI=1S/C10H10FNO3.ClH/c11-6-1-2-9(13)7(5-6)8-3-4-15-10(14)12-8;/h1-2,5,8,13H,3-4H2,(H,12,14);1H/t8-;/m1./s1. The van der Waals surface area contributed by atoms with Gasteiger partial charge in [-0.05, 0) is 18.2 Å². The first-order chi connectivity index (χ1) is 7.16. The molecule has 0 aliphatic carbocycles. The van der Waals surface area contributed by atoms with E-state index in [9.17, 15) is 14.3 Å². The minimum absolute atomic E-state index is 0. The highest BCUT2D eigenvalue weighted by atomic mass is 35.5. The summed E-state index contributed by atoms with van der Waals surface area (Å²) in [5.74, 6) is -0.466. The molecule has 4 nitrogen and oxygen atoms in total. The Morgan fingerprint density at radius 3 is 2.94 bits per heavy atom. The van der Waals surface area contributed by atoms with Crippen molar-refractivity contribution < 1.29 is 19.0 Å². The van der Waals surface area contributed by atoms with Gasteiger partial charge in [-0.1, -0.05) is 0 Å². The second kappa shape index (κ2) is 5.03. The largest absolute Gasteiger partial charge is 0.508 e. The lowest BCUT2D eigenvalue weighted by Crippen LogP contribution is -2.35. The van der Waals surface area contributed by atoms with Gasteiger partial charge >= 0.3 is 6.09 Å². The summed E-state index contributed by atoms with van der Waals surface area (Å²) in [6, 6.07) is 3.26. The van der Waals surface area contributed by atoms with Crippen LogP contribution in [0.3, 0.4) is 0 Å². The molecule has 0 saturated carbocycles. The summed E-state index contributed by atoms with van der Waals surface area (Å²) in [4.78, 5) is 10.9. The molecule has 1 atom stereocenters. The monoisotopic (exact) mass is 247 g/mol. The third kappa shape index (κ3) is 2.55. The number of carbonyl (C=O) groups is 1. The zero-order valence-corrected chi connectivity index (χ0v) is 9.09. The van der Waals surface area contributed by atoms with E-state index in [-0.39, 0.29) is 30.8 Å². The van der Waals surface area contributed by atoms with Gasteiger partial charge in [-0.15, -0.1) is 12.4 Å². The van der Waals surface area contributed by atoms with Gasteiger partial charge in [0.05, 0.1) is 12.6 Å². The smallest absolute Gasteiger partial charge is 0.407 e. The molecule has 2 rings (SSSR count). The van der Waals surface area contributed by atoms with E-state index < -0.39 is 11.9 Å². The van der Waals surface area contributed by atoms with Crippen molar-refractivity contribution in [1.82, 2.24) is 5.32 Å². The number of halogens is 2. The molecule has 1 amide bonds. The van der Waals surface area contributed by atoms with Gasteiger partial charge in [0.25, 0.3) is 0 Å². The number of hydrogen-bond acceptors (Lipinski definition) is 3. The van der Waals surface area contributed by atoms with Crippen molar-refractivity contribution in [2.75, 3.05) is 6.61 Å². The van der Waals surface area contributed by atoms with E-state index in [1.165, 1.54) is 18.2 Å². The molecule has 1 fully saturated rings. The first-order valence-corrected chi connectivity index (χ1v) is 4.58. The maximum absolute atomic E-state index is 12.9. The minimum atomic E-state index is -0.546. The van der Waals surface area contributed by atoms with Crippen LogP contribution in [0.4, 0.5) is 9.18 Å². The number of phenols is 1. The van der Waals surface area contributed by atoms with E-state index in [0.29, 0.717) is 12.0 Å². The zero-order chi connectivity index (χ0) is 10.8. The number of carbonyl (C=O) groups excluding carboxylic acids is 1. The van der Waals surface area contributed by atoms with Gasteiger partial charge in [-0.2, -0.15) is 0 Å². The molecule has 88 valence electrons. The number of ether oxygens (including phenoxy) is 1. The molecule has 0 spiro atoms. The van der Waals surface area contributed by atoms with Crippen molar-refractivity contribution in [1.29, 1.82) is 0 Å². The van der Waals surface area contributed by atoms with Gasteiger partial charge in [-0.25, -0.2) is 9.18 Å². The van der Waals surface area contributed by atoms with E-state index >= 15 is 0 Å². The van der Waals surface area contributed by atoms with E-state index in [0.717, 1.165) is 0 Å². The highest BCUT2D eigenvalue weighted by Gasteiger charge is 2.23. The van der Waals surface area contributed by atoms with Crippen molar-refractivity contribution >= 4 is 18.5 Å². The lowest BCUT2D eigenvalue weighted by atomic mass is 10.0. The van der Waals surface area contributed by atoms with Crippen LogP contribution in [0.2, 0.25) is 0 Å². The first-order valence-electron chi connectivity index (χ1n) is 4.58. The van der Waals surface area contributed by atoms with Gasteiger partial charge in [0, 0.05) is 12.0 Å². The van der Waals surface area contributed by atoms with E-state index in [4.69, 9.17) is 0 Å². The maximum atomic E-state index is 12.9. The Kier molecular flexibility index (Phi) is 3.95. The second-order valence-electron chi connectivity index (χ2n) is 3.32. The summed E-state index contributed by atoms with van der Waals surface area (Å²) in [6.07, 6.45) is -0.0298. The van der Waals surface area contributed by atoms with Crippen molar-refractivity contribution in [3.8, 4) is 5.75 Å². The molecule has 1 aliphatic rings. The van der Waals surface area contributed by atoms with Gasteiger partial charge in [0.15, 0.2) is 0 Å². The summed E-state index contributed by atoms with van der Waals surface area (Å²) in [5, 5.41) is 12.0. The Bertz CT molecular complexity index is 400. The summed E-state index contributed by atoms with van der Waals surface area (Å²) >= 11 is 0. The number of phenolic OH excluding ortho intramolecular Hbond substituents is 1. The molecule has 2 N–H and O–H groups in total. The predicted octanol–water partition coefficient (Wildman–Crippen LogP) is 2.12. The summed E-state index contributed by atoms with van der Waals surface area (Å²) in [6.45, 7) is 0.270. The van der Waals surface area contributed by atoms with Crippen molar-refractivity contribution in [3.63, 3.8) is 0 Å². The molecular weight excluding hydrogens is 237 g/mol. The quantitative estimate of drug-likeness (QED) is 0.799. The number of aromatic hydroxyl groups is 1. The number of rotatable bonds is 1. The Morgan fingerprint density at radius 2 is 2.25 bits per heavy atom. The van der Waals surface area contributed by atoms with Crippen molar-refractivity contribution in [2.45, 2.75) is 12.5 Å². The van der Waals surface area contributed by atoms with E-state index in [1.54, 1.807) is 0 Å². The topological polar surface area (TPSA) is 58.6 Å². The number of amides is 1. The highest BCUT2D eigenvalue weighted by Crippen LogP contribution is 2.28.